The van der Waals surface area contributed by atoms with Crippen LogP contribution in [0.15, 0.2) is 17.5 Å². The first-order chi connectivity index (χ1) is 8.83. The molecule has 0 aromatic carbocycles. The molecule has 1 aromatic heterocycles. The van der Waals surface area contributed by atoms with Crippen molar-refractivity contribution < 1.29 is 0 Å². The van der Waals surface area contributed by atoms with Crippen molar-refractivity contribution in [2.45, 2.75) is 44.7 Å². The third-order valence-corrected chi connectivity index (χ3v) is 5.47. The van der Waals surface area contributed by atoms with Gasteiger partial charge >= 0.3 is 0 Å². The minimum absolute atomic E-state index is 0.606. The van der Waals surface area contributed by atoms with E-state index in [-0.39, 0.29) is 0 Å². The minimum atomic E-state index is 0.606. The third-order valence-electron chi connectivity index (χ3n) is 4.42. The molecule has 1 unspecified atom stereocenters. The molecule has 0 bridgehead atoms. The Morgan fingerprint density at radius 1 is 1.33 bits per heavy atom. The molecule has 1 saturated carbocycles. The molecule has 0 amide bonds. The standard InChI is InChI=1S/C15H24N2S/c1-12(15-3-2-10-18-15)17-8-6-14(7-9-17)16-11-13-4-5-13/h2-3,10,12-14,16H,4-9,11H2,1H3. The van der Waals surface area contributed by atoms with Gasteiger partial charge in [0.25, 0.3) is 0 Å². The Labute approximate surface area is 114 Å². The van der Waals surface area contributed by atoms with Gasteiger partial charge in [-0.25, -0.2) is 0 Å². The summed E-state index contributed by atoms with van der Waals surface area (Å²) < 4.78 is 0. The first kappa shape index (κ1) is 12.6. The van der Waals surface area contributed by atoms with Crippen molar-refractivity contribution in [2.75, 3.05) is 19.6 Å². The monoisotopic (exact) mass is 264 g/mol. The van der Waals surface area contributed by atoms with Crippen molar-refractivity contribution in [1.82, 2.24) is 10.2 Å². The number of nitrogens with zero attached hydrogens (tertiary/aromatic N) is 1. The van der Waals surface area contributed by atoms with Crippen LogP contribution in [-0.2, 0) is 0 Å². The van der Waals surface area contributed by atoms with Crippen LogP contribution in [0.2, 0.25) is 0 Å². The molecule has 100 valence electrons. The molecule has 3 rings (SSSR count). The summed E-state index contributed by atoms with van der Waals surface area (Å²) in [6.45, 7) is 6.12. The largest absolute Gasteiger partial charge is 0.314 e. The highest BCUT2D eigenvalue weighted by atomic mass is 32.1. The van der Waals surface area contributed by atoms with Crippen LogP contribution in [0.5, 0.6) is 0 Å². The quantitative estimate of drug-likeness (QED) is 0.878. The van der Waals surface area contributed by atoms with E-state index < -0.39 is 0 Å². The Hall–Kier alpha value is -0.380. The van der Waals surface area contributed by atoms with Gasteiger partial charge in [-0.3, -0.25) is 4.90 Å². The van der Waals surface area contributed by atoms with E-state index in [9.17, 15) is 0 Å². The number of thiophene rings is 1. The lowest BCUT2D eigenvalue weighted by atomic mass is 10.0. The van der Waals surface area contributed by atoms with E-state index in [0.717, 1.165) is 12.0 Å². The molecule has 1 atom stereocenters. The van der Waals surface area contributed by atoms with Crippen molar-refractivity contribution in [3.63, 3.8) is 0 Å². The molecule has 1 aromatic rings. The lowest BCUT2D eigenvalue weighted by molar-refractivity contribution is 0.154. The van der Waals surface area contributed by atoms with Gasteiger partial charge in [0.2, 0.25) is 0 Å². The number of hydrogen-bond donors (Lipinski definition) is 1. The van der Waals surface area contributed by atoms with Gasteiger partial charge < -0.3 is 5.32 Å². The van der Waals surface area contributed by atoms with Crippen LogP contribution >= 0.6 is 11.3 Å². The second kappa shape index (κ2) is 5.72. The summed E-state index contributed by atoms with van der Waals surface area (Å²) in [4.78, 5) is 4.15. The Kier molecular flexibility index (Phi) is 4.02. The van der Waals surface area contributed by atoms with Crippen LogP contribution in [0, 0.1) is 5.92 Å². The van der Waals surface area contributed by atoms with Crippen LogP contribution in [0.25, 0.3) is 0 Å². The molecule has 0 radical (unpaired) electrons. The van der Waals surface area contributed by atoms with Crippen LogP contribution in [0.1, 0.15) is 43.5 Å². The fraction of sp³-hybridized carbons (Fsp3) is 0.733. The van der Waals surface area contributed by atoms with E-state index in [1.807, 2.05) is 11.3 Å². The molecule has 18 heavy (non-hydrogen) atoms. The number of piperidine rings is 1. The molecule has 1 aliphatic carbocycles. The molecule has 1 saturated heterocycles. The molecular formula is C15H24N2S. The summed E-state index contributed by atoms with van der Waals surface area (Å²) in [5.41, 5.74) is 0. The predicted octanol–water partition coefficient (Wildman–Crippen LogP) is 3.27. The third kappa shape index (κ3) is 3.14. The Balaban J connectivity index is 1.44. The van der Waals surface area contributed by atoms with Gasteiger partial charge in [-0.15, -0.1) is 11.3 Å². The summed E-state index contributed by atoms with van der Waals surface area (Å²) in [6, 6.07) is 5.82. The molecule has 0 spiro atoms. The maximum atomic E-state index is 3.75. The fourth-order valence-corrected chi connectivity index (χ4v) is 3.67. The first-order valence-electron chi connectivity index (χ1n) is 7.34. The molecule has 2 heterocycles. The van der Waals surface area contributed by atoms with Crippen molar-refractivity contribution >= 4 is 11.3 Å². The normalized spacial score (nSPS) is 24.3. The Morgan fingerprint density at radius 3 is 2.72 bits per heavy atom. The second-order valence-electron chi connectivity index (χ2n) is 5.85. The molecular weight excluding hydrogens is 240 g/mol. The number of rotatable bonds is 5. The van der Waals surface area contributed by atoms with Crippen molar-refractivity contribution in [3.05, 3.63) is 22.4 Å². The van der Waals surface area contributed by atoms with E-state index in [1.165, 1.54) is 50.2 Å². The summed E-state index contributed by atoms with van der Waals surface area (Å²) in [5.74, 6) is 1.01. The SMILES string of the molecule is CC(c1cccs1)N1CCC(NCC2CC2)CC1. The van der Waals surface area contributed by atoms with Gasteiger partial charge in [-0.2, -0.15) is 0 Å². The van der Waals surface area contributed by atoms with E-state index in [1.54, 1.807) is 0 Å². The summed E-state index contributed by atoms with van der Waals surface area (Å²) in [7, 11) is 0. The van der Waals surface area contributed by atoms with E-state index in [2.05, 4.69) is 34.7 Å². The second-order valence-corrected chi connectivity index (χ2v) is 6.83. The average molecular weight is 264 g/mol. The molecule has 2 aliphatic rings. The maximum absolute atomic E-state index is 3.75. The van der Waals surface area contributed by atoms with E-state index in [4.69, 9.17) is 0 Å². The zero-order valence-electron chi connectivity index (χ0n) is 11.3. The van der Waals surface area contributed by atoms with Gasteiger partial charge in [-0.1, -0.05) is 6.07 Å². The summed E-state index contributed by atoms with van der Waals surface area (Å²) in [5, 5.41) is 5.94. The smallest absolute Gasteiger partial charge is 0.0413 e. The number of hydrogen-bond acceptors (Lipinski definition) is 3. The molecule has 1 N–H and O–H groups in total. The Morgan fingerprint density at radius 2 is 2.11 bits per heavy atom. The van der Waals surface area contributed by atoms with Gasteiger partial charge in [0.05, 0.1) is 0 Å². The lowest BCUT2D eigenvalue weighted by Crippen LogP contribution is -2.43. The summed E-state index contributed by atoms with van der Waals surface area (Å²) >= 11 is 1.89. The number of likely N-dealkylation sites (tertiary alicyclic amines) is 1. The number of nitrogens with one attached hydrogen (secondary N) is 1. The highest BCUT2D eigenvalue weighted by Crippen LogP contribution is 2.29. The van der Waals surface area contributed by atoms with Crippen molar-refractivity contribution in [2.24, 2.45) is 5.92 Å². The minimum Gasteiger partial charge on any atom is -0.314 e. The topological polar surface area (TPSA) is 15.3 Å². The van der Waals surface area contributed by atoms with Gasteiger partial charge in [0.15, 0.2) is 0 Å². The average Bonchev–Trinajstić information content (AvgIpc) is 3.08. The van der Waals surface area contributed by atoms with Crippen LogP contribution in [-0.4, -0.2) is 30.6 Å². The summed E-state index contributed by atoms with van der Waals surface area (Å²) in [6.07, 6.45) is 5.56. The van der Waals surface area contributed by atoms with E-state index >= 15 is 0 Å². The fourth-order valence-electron chi connectivity index (χ4n) is 2.86. The molecule has 2 nitrogen and oxygen atoms in total. The zero-order valence-corrected chi connectivity index (χ0v) is 12.1. The highest BCUT2D eigenvalue weighted by Gasteiger charge is 2.26. The highest BCUT2D eigenvalue weighted by molar-refractivity contribution is 7.10. The van der Waals surface area contributed by atoms with Crippen LogP contribution in [0.3, 0.4) is 0 Å². The van der Waals surface area contributed by atoms with Gasteiger partial charge in [0, 0.05) is 30.1 Å². The van der Waals surface area contributed by atoms with E-state index in [0.29, 0.717) is 6.04 Å². The molecule has 2 fully saturated rings. The first-order valence-corrected chi connectivity index (χ1v) is 8.21. The van der Waals surface area contributed by atoms with Crippen LogP contribution in [0.4, 0.5) is 0 Å². The predicted molar refractivity (Wildman–Crippen MR) is 78.1 cm³/mol. The van der Waals surface area contributed by atoms with Gasteiger partial charge in [-0.05, 0) is 56.5 Å². The van der Waals surface area contributed by atoms with Crippen LogP contribution < -0.4 is 5.32 Å². The maximum Gasteiger partial charge on any atom is 0.0413 e. The molecule has 3 heteroatoms. The molecule has 1 aliphatic heterocycles. The van der Waals surface area contributed by atoms with Gasteiger partial charge in [0.1, 0.15) is 0 Å². The Bertz CT molecular complexity index is 351. The zero-order chi connectivity index (χ0) is 12.4. The van der Waals surface area contributed by atoms with Crippen molar-refractivity contribution in [3.8, 4) is 0 Å². The lowest BCUT2D eigenvalue weighted by Gasteiger charge is -2.36. The van der Waals surface area contributed by atoms with Crippen molar-refractivity contribution in [1.29, 1.82) is 0 Å².